The van der Waals surface area contributed by atoms with Gasteiger partial charge in [-0.2, -0.15) is 0 Å². The lowest BCUT2D eigenvalue weighted by Gasteiger charge is -2.24. The fraction of sp³-hybridized carbons (Fsp3) is 0.833. The zero-order valence-electron chi connectivity index (χ0n) is 6.14. The summed E-state index contributed by atoms with van der Waals surface area (Å²) < 4.78 is 0. The second-order valence-corrected chi connectivity index (χ2v) is 2.80. The van der Waals surface area contributed by atoms with E-state index in [4.69, 9.17) is 11.5 Å². The average Bonchev–Trinajstić information content (AvgIpc) is 1.65. The number of amides is 1. The average molecular weight is 130 g/mol. The van der Waals surface area contributed by atoms with Crippen molar-refractivity contribution in [2.45, 2.75) is 26.3 Å². The molecule has 0 bridgehead atoms. The summed E-state index contributed by atoms with van der Waals surface area (Å²) in [6, 6.07) is 0. The monoisotopic (exact) mass is 130 g/mol. The molecule has 0 aliphatic carbocycles. The third-order valence-corrected chi connectivity index (χ3v) is 1.73. The number of hydrogen-bond donors (Lipinski definition) is 2. The van der Waals surface area contributed by atoms with E-state index in [0.29, 0.717) is 0 Å². The molecule has 4 N–H and O–H groups in total. The Morgan fingerprint density at radius 3 is 1.89 bits per heavy atom. The minimum absolute atomic E-state index is 0.0926. The largest absolute Gasteiger partial charge is 0.368 e. The molecule has 0 aliphatic heterocycles. The Hall–Kier alpha value is -0.570. The predicted octanol–water partition coefficient (Wildman–Crippen LogP) is -0.155. The Morgan fingerprint density at radius 1 is 1.56 bits per heavy atom. The fourth-order valence-corrected chi connectivity index (χ4v) is 0.285. The minimum Gasteiger partial charge on any atom is -0.368 e. The van der Waals surface area contributed by atoms with Crippen LogP contribution in [0.25, 0.3) is 0 Å². The van der Waals surface area contributed by atoms with Gasteiger partial charge in [0.2, 0.25) is 5.91 Å². The Morgan fingerprint density at radius 2 is 1.89 bits per heavy atom. The second-order valence-electron chi connectivity index (χ2n) is 2.80. The van der Waals surface area contributed by atoms with Crippen LogP contribution in [0.15, 0.2) is 0 Å². The molecule has 0 saturated heterocycles. The van der Waals surface area contributed by atoms with Crippen LogP contribution in [0.5, 0.6) is 0 Å². The van der Waals surface area contributed by atoms with E-state index in [1.54, 1.807) is 6.92 Å². The molecular formula is C6H14N2O. The highest BCUT2D eigenvalue weighted by Gasteiger charge is 2.28. The summed E-state index contributed by atoms with van der Waals surface area (Å²) in [6.45, 7) is 5.37. The topological polar surface area (TPSA) is 69.1 Å². The molecule has 0 rings (SSSR count). The molecule has 0 saturated carbocycles. The first-order valence-electron chi connectivity index (χ1n) is 2.97. The quantitative estimate of drug-likeness (QED) is 0.545. The first-order chi connectivity index (χ1) is 3.89. The molecule has 0 spiro atoms. The Labute approximate surface area is 55.4 Å². The molecule has 0 aromatic rings. The summed E-state index contributed by atoms with van der Waals surface area (Å²) in [5, 5.41) is 0. The lowest BCUT2D eigenvalue weighted by molar-refractivity contribution is -0.123. The van der Waals surface area contributed by atoms with Crippen molar-refractivity contribution in [3.63, 3.8) is 0 Å². The summed E-state index contributed by atoms with van der Waals surface area (Å²) in [5.74, 6) is -0.354. The SMILES string of the molecule is CC(C)C(C)(N)C(N)=O. The molecule has 0 aromatic carbocycles. The molecule has 1 unspecified atom stereocenters. The van der Waals surface area contributed by atoms with Gasteiger partial charge < -0.3 is 11.5 Å². The maximum absolute atomic E-state index is 10.6. The van der Waals surface area contributed by atoms with Crippen LogP contribution in [0, 0.1) is 5.92 Å². The van der Waals surface area contributed by atoms with Gasteiger partial charge in [-0.1, -0.05) is 13.8 Å². The molecule has 0 radical (unpaired) electrons. The van der Waals surface area contributed by atoms with Gasteiger partial charge in [-0.05, 0) is 12.8 Å². The highest BCUT2D eigenvalue weighted by Crippen LogP contribution is 2.10. The number of carbonyl (C=O) groups is 1. The van der Waals surface area contributed by atoms with Crippen LogP contribution in [0.1, 0.15) is 20.8 Å². The van der Waals surface area contributed by atoms with E-state index in [1.807, 2.05) is 13.8 Å². The van der Waals surface area contributed by atoms with Crippen LogP contribution < -0.4 is 11.5 Å². The number of nitrogens with two attached hydrogens (primary N) is 2. The van der Waals surface area contributed by atoms with Crippen molar-refractivity contribution in [3.05, 3.63) is 0 Å². The Balaban J connectivity index is 4.19. The Kier molecular flexibility index (Phi) is 2.20. The molecule has 3 nitrogen and oxygen atoms in total. The van der Waals surface area contributed by atoms with Gasteiger partial charge in [0.1, 0.15) is 0 Å². The molecule has 1 amide bonds. The minimum atomic E-state index is -0.861. The highest BCUT2D eigenvalue weighted by molar-refractivity contribution is 5.84. The fourth-order valence-electron chi connectivity index (χ4n) is 0.285. The number of hydrogen-bond acceptors (Lipinski definition) is 2. The summed E-state index contributed by atoms with van der Waals surface area (Å²) in [5.41, 5.74) is 9.67. The van der Waals surface area contributed by atoms with Gasteiger partial charge in [0.15, 0.2) is 0 Å². The maximum Gasteiger partial charge on any atom is 0.237 e. The lowest BCUT2D eigenvalue weighted by Crippen LogP contribution is -2.53. The first-order valence-corrected chi connectivity index (χ1v) is 2.97. The van der Waals surface area contributed by atoms with Crippen molar-refractivity contribution in [2.75, 3.05) is 0 Å². The summed E-state index contributed by atoms with van der Waals surface area (Å²) in [7, 11) is 0. The summed E-state index contributed by atoms with van der Waals surface area (Å²) in [6.07, 6.45) is 0. The molecule has 1 atom stereocenters. The predicted molar refractivity (Wildman–Crippen MR) is 36.6 cm³/mol. The Bertz CT molecular complexity index is 118. The van der Waals surface area contributed by atoms with Crippen LogP contribution in [0.3, 0.4) is 0 Å². The molecular weight excluding hydrogens is 116 g/mol. The van der Waals surface area contributed by atoms with Crippen molar-refractivity contribution in [3.8, 4) is 0 Å². The lowest BCUT2D eigenvalue weighted by atomic mass is 9.89. The van der Waals surface area contributed by atoms with E-state index < -0.39 is 11.4 Å². The van der Waals surface area contributed by atoms with E-state index in [-0.39, 0.29) is 5.92 Å². The van der Waals surface area contributed by atoms with Crippen LogP contribution in [0.4, 0.5) is 0 Å². The summed E-state index contributed by atoms with van der Waals surface area (Å²) in [4.78, 5) is 10.6. The molecule has 0 aliphatic rings. The highest BCUT2D eigenvalue weighted by atomic mass is 16.1. The van der Waals surface area contributed by atoms with Crippen molar-refractivity contribution in [1.29, 1.82) is 0 Å². The molecule has 9 heavy (non-hydrogen) atoms. The van der Waals surface area contributed by atoms with Gasteiger partial charge in [-0.25, -0.2) is 0 Å². The zero-order chi connectivity index (χ0) is 7.65. The van der Waals surface area contributed by atoms with Gasteiger partial charge in [0.05, 0.1) is 5.54 Å². The standard InChI is InChI=1S/C6H14N2O/c1-4(2)6(3,8)5(7)9/h4H,8H2,1-3H3,(H2,7,9). The van der Waals surface area contributed by atoms with E-state index in [0.717, 1.165) is 0 Å². The van der Waals surface area contributed by atoms with E-state index in [1.165, 1.54) is 0 Å². The van der Waals surface area contributed by atoms with Gasteiger partial charge in [0.25, 0.3) is 0 Å². The van der Waals surface area contributed by atoms with Gasteiger partial charge in [-0.15, -0.1) is 0 Å². The normalized spacial score (nSPS) is 17.4. The van der Waals surface area contributed by atoms with Crippen LogP contribution in [0.2, 0.25) is 0 Å². The molecule has 0 heterocycles. The van der Waals surface area contributed by atoms with Crippen molar-refractivity contribution in [1.82, 2.24) is 0 Å². The van der Waals surface area contributed by atoms with Crippen molar-refractivity contribution in [2.24, 2.45) is 17.4 Å². The third-order valence-electron chi connectivity index (χ3n) is 1.73. The van der Waals surface area contributed by atoms with Crippen molar-refractivity contribution >= 4 is 5.91 Å². The van der Waals surface area contributed by atoms with Gasteiger partial charge >= 0.3 is 0 Å². The first kappa shape index (κ1) is 8.43. The second kappa shape index (κ2) is 2.35. The number of primary amides is 1. The zero-order valence-corrected chi connectivity index (χ0v) is 6.14. The molecule has 0 fully saturated rings. The van der Waals surface area contributed by atoms with E-state index >= 15 is 0 Å². The van der Waals surface area contributed by atoms with Crippen LogP contribution in [-0.4, -0.2) is 11.4 Å². The van der Waals surface area contributed by atoms with Crippen LogP contribution >= 0.6 is 0 Å². The third kappa shape index (κ3) is 1.68. The van der Waals surface area contributed by atoms with Gasteiger partial charge in [0, 0.05) is 0 Å². The number of carbonyl (C=O) groups excluding carboxylic acids is 1. The molecule has 54 valence electrons. The van der Waals surface area contributed by atoms with E-state index in [9.17, 15) is 4.79 Å². The van der Waals surface area contributed by atoms with Crippen molar-refractivity contribution < 1.29 is 4.79 Å². The van der Waals surface area contributed by atoms with Gasteiger partial charge in [-0.3, -0.25) is 4.79 Å². The smallest absolute Gasteiger partial charge is 0.237 e. The number of rotatable bonds is 2. The van der Waals surface area contributed by atoms with Crippen LogP contribution in [-0.2, 0) is 4.79 Å². The summed E-state index contributed by atoms with van der Waals surface area (Å²) >= 11 is 0. The van der Waals surface area contributed by atoms with E-state index in [2.05, 4.69) is 0 Å². The molecule has 0 aromatic heterocycles. The molecule has 3 heteroatoms. The maximum atomic E-state index is 10.6.